The van der Waals surface area contributed by atoms with E-state index in [1.165, 1.54) is 67.8 Å². The zero-order valence-electron chi connectivity index (χ0n) is 31.2. The number of aliphatic hydroxyl groups excluding tert-OH is 1. The third-order valence-corrected chi connectivity index (χ3v) is 9.71. The minimum absolute atomic E-state index is 0.0301. The number of phenolic OH excluding ortho intramolecular Hbond substituents is 1. The lowest BCUT2D eigenvalue weighted by atomic mass is 10.1. The highest BCUT2D eigenvalue weighted by atomic mass is 32.2. The fraction of sp³-hybridized carbons (Fsp3) is 0.0476. The molecule has 0 saturated heterocycles. The number of anilines is 2. The van der Waals surface area contributed by atoms with Crippen LogP contribution in [-0.4, -0.2) is 43.2 Å². The maximum atomic E-state index is 12.1. The molecular formula is C42H31N7O10S. The molecule has 18 heteroatoms. The van der Waals surface area contributed by atoms with E-state index in [0.717, 1.165) is 16.8 Å². The molecule has 0 spiro atoms. The lowest BCUT2D eigenvalue weighted by Crippen LogP contribution is -1.97. The molecule has 0 radical (unpaired) electrons. The van der Waals surface area contributed by atoms with E-state index in [1.807, 2.05) is 48.5 Å². The molecule has 0 aliphatic carbocycles. The molecule has 0 aromatic heterocycles. The van der Waals surface area contributed by atoms with Crippen molar-refractivity contribution < 1.29 is 47.0 Å². The zero-order chi connectivity index (χ0) is 42.2. The molecule has 0 aliphatic heterocycles. The Labute approximate surface area is 340 Å². The van der Waals surface area contributed by atoms with Crippen LogP contribution >= 0.6 is 0 Å². The molecule has 4 N–H and O–H groups in total. The van der Waals surface area contributed by atoms with Gasteiger partial charge in [0.1, 0.15) is 28.6 Å². The average Bonchev–Trinajstić information content (AvgIpc) is 3.24. The van der Waals surface area contributed by atoms with Crippen LogP contribution in [0.3, 0.4) is 0 Å². The molecule has 0 fully saturated rings. The number of aliphatic hydroxyl groups is 1. The number of methoxy groups -OCH3 is 1. The van der Waals surface area contributed by atoms with Crippen LogP contribution in [0.4, 0.5) is 45.5 Å². The highest BCUT2D eigenvalue weighted by molar-refractivity contribution is 7.85. The lowest BCUT2D eigenvalue weighted by Gasteiger charge is -2.10. The van der Waals surface area contributed by atoms with E-state index in [0.29, 0.717) is 10.8 Å². The van der Waals surface area contributed by atoms with Gasteiger partial charge in [0.05, 0.1) is 41.4 Å². The summed E-state index contributed by atoms with van der Waals surface area (Å²) in [5, 5.41) is 52.3. The van der Waals surface area contributed by atoms with Crippen molar-refractivity contribution in [3.8, 4) is 23.0 Å². The molecule has 7 rings (SSSR count). The fourth-order valence-electron chi connectivity index (χ4n) is 6.03. The predicted octanol–water partition coefficient (Wildman–Crippen LogP) is 10.5. The van der Waals surface area contributed by atoms with E-state index in [1.54, 1.807) is 12.1 Å². The molecule has 0 heterocycles. The van der Waals surface area contributed by atoms with Gasteiger partial charge in [0.2, 0.25) is 0 Å². The second-order valence-electron chi connectivity index (χ2n) is 12.6. The van der Waals surface area contributed by atoms with Gasteiger partial charge < -0.3 is 29.7 Å². The Morgan fingerprint density at radius 2 is 1.25 bits per heavy atom. The largest absolute Gasteiger partial charge is 0.505 e. The van der Waals surface area contributed by atoms with Crippen molar-refractivity contribution in [1.29, 1.82) is 0 Å². The minimum atomic E-state index is -4.64. The van der Waals surface area contributed by atoms with Crippen LogP contribution in [0.5, 0.6) is 23.0 Å². The SMILES string of the molecule is COc1cc(N=Nc2ccc(N=Nc3cc(OC=O)cc(OC=O)c3)c3ccc(S(=O)(=O)O)cc23)c(CO)cc1N=Nc1ccc2cc(Nc3ccccc3)ccc2c1O. The minimum Gasteiger partial charge on any atom is -0.505 e. The van der Waals surface area contributed by atoms with Gasteiger partial charge in [0.15, 0.2) is 5.75 Å². The van der Waals surface area contributed by atoms with E-state index >= 15 is 0 Å². The number of aromatic hydroxyl groups is 1. The number of carbonyl (C=O) groups excluding carboxylic acids is 2. The van der Waals surface area contributed by atoms with Crippen LogP contribution in [0.2, 0.25) is 0 Å². The number of hydrogen-bond acceptors (Lipinski definition) is 16. The highest BCUT2D eigenvalue weighted by Gasteiger charge is 2.16. The Morgan fingerprint density at radius 3 is 1.93 bits per heavy atom. The number of carbonyl (C=O) groups is 2. The summed E-state index contributed by atoms with van der Waals surface area (Å²) in [6.07, 6.45) is 0. The molecule has 0 amide bonds. The summed E-state index contributed by atoms with van der Waals surface area (Å²) in [7, 11) is -3.24. The summed E-state index contributed by atoms with van der Waals surface area (Å²) in [6.45, 7) is -0.117. The summed E-state index contributed by atoms with van der Waals surface area (Å²) < 4.78 is 49.3. The molecule has 0 saturated carbocycles. The number of nitrogens with zero attached hydrogens (tertiary/aromatic N) is 6. The maximum Gasteiger partial charge on any atom is 0.298 e. The monoisotopic (exact) mass is 825 g/mol. The molecule has 17 nitrogen and oxygen atoms in total. The van der Waals surface area contributed by atoms with Gasteiger partial charge in [-0.3, -0.25) is 14.1 Å². The fourth-order valence-corrected chi connectivity index (χ4v) is 6.54. The number of para-hydroxylation sites is 1. The van der Waals surface area contributed by atoms with Crippen LogP contribution in [0, 0.1) is 0 Å². The molecule has 0 bridgehead atoms. The Hall–Kier alpha value is -7.93. The van der Waals surface area contributed by atoms with Crippen LogP contribution in [0.25, 0.3) is 21.5 Å². The van der Waals surface area contributed by atoms with Gasteiger partial charge >= 0.3 is 0 Å². The van der Waals surface area contributed by atoms with Crippen LogP contribution in [0.1, 0.15) is 5.56 Å². The maximum absolute atomic E-state index is 12.1. The van der Waals surface area contributed by atoms with Crippen molar-refractivity contribution >= 4 is 90.1 Å². The van der Waals surface area contributed by atoms with Crippen molar-refractivity contribution in [3.05, 3.63) is 127 Å². The summed E-state index contributed by atoms with van der Waals surface area (Å²) in [5.41, 5.74) is 3.16. The van der Waals surface area contributed by atoms with Crippen LogP contribution in [0.15, 0.2) is 157 Å². The highest BCUT2D eigenvalue weighted by Crippen LogP contribution is 2.42. The molecule has 7 aromatic carbocycles. The quantitative estimate of drug-likeness (QED) is 0.0430. The molecule has 7 aromatic rings. The molecule has 300 valence electrons. The second kappa shape index (κ2) is 17.7. The average molecular weight is 826 g/mol. The molecule has 60 heavy (non-hydrogen) atoms. The van der Waals surface area contributed by atoms with E-state index < -0.39 is 21.6 Å². The van der Waals surface area contributed by atoms with Gasteiger partial charge in [-0.05, 0) is 72.1 Å². The topological polar surface area (TPSA) is 243 Å². The van der Waals surface area contributed by atoms with Crippen LogP contribution in [-0.2, 0) is 26.3 Å². The number of benzene rings is 7. The van der Waals surface area contributed by atoms with Gasteiger partial charge in [-0.15, -0.1) is 20.5 Å². The van der Waals surface area contributed by atoms with Crippen molar-refractivity contribution in [2.24, 2.45) is 30.7 Å². The summed E-state index contributed by atoms with van der Waals surface area (Å²) in [6, 6.07) is 32.4. The van der Waals surface area contributed by atoms with Crippen molar-refractivity contribution in [1.82, 2.24) is 0 Å². The summed E-state index contributed by atoms with van der Waals surface area (Å²) >= 11 is 0. The number of phenols is 1. The first-order valence-electron chi connectivity index (χ1n) is 17.6. The van der Waals surface area contributed by atoms with E-state index in [9.17, 15) is 32.8 Å². The molecule has 0 atom stereocenters. The smallest absolute Gasteiger partial charge is 0.298 e. The standard InChI is InChI=1S/C42H31N7O10S/c1-57-41-21-39(26(22-50)16-40(41)49-47-38-12-7-25-15-28(8-10-33(25)42(38)53)43-27-5-3-2-4-6-27)48-46-37-14-13-36(34-11-9-32(20-35(34)37)60(54,55)56)45-44-29-17-30(58-23-51)19-31(18-29)59-24-52/h2-21,23-24,43,50,53H,22H2,1H3,(H,54,55,56). The molecule has 0 unspecified atom stereocenters. The third-order valence-electron chi connectivity index (χ3n) is 8.86. The Kier molecular flexibility index (Phi) is 11.9. The summed E-state index contributed by atoms with van der Waals surface area (Å²) in [4.78, 5) is 21.4. The van der Waals surface area contributed by atoms with Crippen LogP contribution < -0.4 is 19.5 Å². The zero-order valence-corrected chi connectivity index (χ0v) is 32.0. The number of ether oxygens (including phenoxy) is 3. The van der Waals surface area contributed by atoms with Crippen molar-refractivity contribution in [2.75, 3.05) is 12.4 Å². The second-order valence-corrected chi connectivity index (χ2v) is 14.1. The van der Waals surface area contributed by atoms with Gasteiger partial charge in [-0.25, -0.2) is 0 Å². The Balaban J connectivity index is 1.19. The number of hydrogen-bond donors (Lipinski definition) is 4. The van der Waals surface area contributed by atoms with Gasteiger partial charge in [-0.1, -0.05) is 30.3 Å². The lowest BCUT2D eigenvalue weighted by molar-refractivity contribution is -0.121. The van der Waals surface area contributed by atoms with Crippen molar-refractivity contribution in [2.45, 2.75) is 11.5 Å². The first kappa shape index (κ1) is 40.3. The molecular weight excluding hydrogens is 795 g/mol. The Bertz CT molecular complexity index is 2950. The number of azo groups is 3. The predicted molar refractivity (Wildman–Crippen MR) is 220 cm³/mol. The van der Waals surface area contributed by atoms with E-state index in [2.05, 4.69) is 36.0 Å². The van der Waals surface area contributed by atoms with Gasteiger partial charge in [-0.2, -0.15) is 18.6 Å². The number of rotatable bonds is 15. The number of nitrogens with one attached hydrogen (secondary N) is 1. The summed E-state index contributed by atoms with van der Waals surface area (Å²) in [5.74, 6) is 0.188. The van der Waals surface area contributed by atoms with Gasteiger partial charge in [0, 0.05) is 57.4 Å². The first-order valence-corrected chi connectivity index (χ1v) is 19.1. The third kappa shape index (κ3) is 9.11. The number of fused-ring (bicyclic) bond motifs is 2. The van der Waals surface area contributed by atoms with E-state index in [4.69, 9.17) is 14.2 Å². The van der Waals surface area contributed by atoms with E-state index in [-0.39, 0.29) is 81.0 Å². The first-order chi connectivity index (χ1) is 29.1. The molecule has 0 aliphatic rings. The Morgan fingerprint density at radius 1 is 0.617 bits per heavy atom. The normalized spacial score (nSPS) is 11.8. The van der Waals surface area contributed by atoms with Crippen molar-refractivity contribution in [3.63, 3.8) is 0 Å². The van der Waals surface area contributed by atoms with Gasteiger partial charge in [0.25, 0.3) is 23.1 Å².